The van der Waals surface area contributed by atoms with Gasteiger partial charge in [-0.2, -0.15) is 0 Å². The molecule has 0 saturated heterocycles. The summed E-state index contributed by atoms with van der Waals surface area (Å²) in [6.45, 7) is 4.74. The minimum absolute atomic E-state index is 0.233. The fourth-order valence-corrected chi connectivity index (χ4v) is 3.26. The molecule has 0 aliphatic carbocycles. The second-order valence-corrected chi connectivity index (χ2v) is 6.71. The van der Waals surface area contributed by atoms with Crippen LogP contribution in [0.4, 0.5) is 0 Å². The number of nitrogens with zero attached hydrogens (tertiary/aromatic N) is 1. The Morgan fingerprint density at radius 1 is 0.913 bits per heavy atom. The van der Waals surface area contributed by atoms with Gasteiger partial charge in [0.05, 0.1) is 12.8 Å². The van der Waals surface area contributed by atoms with Crippen molar-refractivity contribution < 1.29 is 5.11 Å². The molecule has 23 heavy (non-hydrogen) atoms. The van der Waals surface area contributed by atoms with Crippen LogP contribution in [-0.4, -0.2) is 29.3 Å². The second-order valence-electron chi connectivity index (χ2n) is 6.71. The largest absolute Gasteiger partial charge is 0.395 e. The van der Waals surface area contributed by atoms with E-state index in [0.717, 1.165) is 6.54 Å². The number of hydrogen-bond donors (Lipinski definition) is 2. The Morgan fingerprint density at radius 3 is 2.04 bits per heavy atom. The third-order valence-electron chi connectivity index (χ3n) is 4.70. The highest BCUT2D eigenvalue weighted by atomic mass is 16.3. The van der Waals surface area contributed by atoms with Crippen molar-refractivity contribution in [1.82, 2.24) is 10.2 Å². The van der Waals surface area contributed by atoms with Gasteiger partial charge in [-0.25, -0.2) is 0 Å². The van der Waals surface area contributed by atoms with Gasteiger partial charge in [0.2, 0.25) is 0 Å². The molecule has 1 rings (SSSR count). The van der Waals surface area contributed by atoms with E-state index in [-0.39, 0.29) is 6.61 Å². The number of nitrogens with one attached hydrogen (secondary N) is 1. The summed E-state index contributed by atoms with van der Waals surface area (Å²) in [5.41, 5.74) is 0. The molecule has 0 saturated carbocycles. The van der Waals surface area contributed by atoms with Gasteiger partial charge in [-0.05, 0) is 25.7 Å². The molecule has 0 fully saturated rings. The van der Waals surface area contributed by atoms with Crippen molar-refractivity contribution in [3.05, 3.63) is 25.1 Å². The van der Waals surface area contributed by atoms with Crippen molar-refractivity contribution in [2.75, 3.05) is 13.2 Å². The van der Waals surface area contributed by atoms with Crippen LogP contribution in [0, 0.1) is 0 Å². The molecule has 1 aliphatic rings. The lowest BCUT2D eigenvalue weighted by Gasteiger charge is -2.24. The number of hydrogen-bond acceptors (Lipinski definition) is 3. The lowest BCUT2D eigenvalue weighted by molar-refractivity contribution is 0.194. The summed E-state index contributed by atoms with van der Waals surface area (Å²) in [5.74, 6) is 0. The van der Waals surface area contributed by atoms with E-state index >= 15 is 0 Å². The van der Waals surface area contributed by atoms with Gasteiger partial charge in [0, 0.05) is 18.9 Å². The van der Waals surface area contributed by atoms with Gasteiger partial charge in [0.15, 0.2) is 0 Å². The molecule has 0 aromatic carbocycles. The lowest BCUT2D eigenvalue weighted by Crippen LogP contribution is -2.36. The maximum absolute atomic E-state index is 9.02. The van der Waals surface area contributed by atoms with Crippen LogP contribution in [-0.2, 0) is 0 Å². The molecule has 0 aromatic heterocycles. The molecule has 134 valence electrons. The summed E-state index contributed by atoms with van der Waals surface area (Å²) in [6.07, 6.45) is 24.0. The van der Waals surface area contributed by atoms with Crippen LogP contribution in [0.1, 0.15) is 83.5 Å². The van der Waals surface area contributed by atoms with E-state index < -0.39 is 0 Å². The number of rotatable bonds is 16. The molecule has 1 atom stereocenters. The summed E-state index contributed by atoms with van der Waals surface area (Å²) in [4.78, 5) is 2.20. The molecule has 0 amide bonds. The number of allylic oxidation sites excluding steroid dienone is 1. The second kappa shape index (κ2) is 14.6. The third-order valence-corrected chi connectivity index (χ3v) is 4.70. The monoisotopic (exact) mass is 322 g/mol. The quantitative estimate of drug-likeness (QED) is 0.312. The van der Waals surface area contributed by atoms with Gasteiger partial charge >= 0.3 is 0 Å². The first-order valence-corrected chi connectivity index (χ1v) is 9.78. The van der Waals surface area contributed by atoms with E-state index in [0.29, 0.717) is 6.17 Å². The van der Waals surface area contributed by atoms with Crippen molar-refractivity contribution in [2.24, 2.45) is 0 Å². The first-order valence-electron chi connectivity index (χ1n) is 9.78. The average molecular weight is 323 g/mol. The van der Waals surface area contributed by atoms with Crippen LogP contribution < -0.4 is 5.32 Å². The molecule has 1 unspecified atom stereocenters. The Bertz CT molecular complexity index is 304. The smallest absolute Gasteiger partial charge is 0.0982 e. The van der Waals surface area contributed by atoms with Crippen LogP contribution >= 0.6 is 0 Å². The van der Waals surface area contributed by atoms with E-state index in [2.05, 4.69) is 23.0 Å². The van der Waals surface area contributed by atoms with E-state index in [1.807, 2.05) is 12.3 Å². The topological polar surface area (TPSA) is 35.5 Å². The predicted octanol–water partition coefficient (Wildman–Crippen LogP) is 4.94. The first-order chi connectivity index (χ1) is 11.4. The molecule has 3 nitrogen and oxygen atoms in total. The summed E-state index contributed by atoms with van der Waals surface area (Å²) < 4.78 is 0. The van der Waals surface area contributed by atoms with Gasteiger partial charge in [-0.3, -0.25) is 0 Å². The van der Waals surface area contributed by atoms with E-state index in [1.54, 1.807) is 0 Å². The minimum Gasteiger partial charge on any atom is -0.395 e. The van der Waals surface area contributed by atoms with Crippen molar-refractivity contribution in [2.45, 2.75) is 89.6 Å². The number of unbranched alkanes of at least 4 members (excludes halogenated alkanes) is 11. The molecule has 2 N–H and O–H groups in total. The first kappa shape index (κ1) is 20.1. The van der Waals surface area contributed by atoms with Gasteiger partial charge in [-0.15, -0.1) is 6.58 Å². The third kappa shape index (κ3) is 10.4. The Hall–Kier alpha value is -0.960. The lowest BCUT2D eigenvalue weighted by atomic mass is 10.0. The van der Waals surface area contributed by atoms with Crippen LogP contribution in [0.5, 0.6) is 0 Å². The zero-order valence-electron chi connectivity index (χ0n) is 15.0. The Kier molecular flexibility index (Phi) is 12.8. The molecule has 1 heterocycles. The zero-order chi connectivity index (χ0) is 16.6. The molecular weight excluding hydrogens is 284 g/mol. The van der Waals surface area contributed by atoms with Crippen LogP contribution in [0.2, 0.25) is 0 Å². The Labute approximate surface area is 143 Å². The number of aliphatic hydroxyl groups is 1. The molecule has 1 aliphatic heterocycles. The molecular formula is C20H38N2O. The Morgan fingerprint density at radius 2 is 1.48 bits per heavy atom. The summed E-state index contributed by atoms with van der Waals surface area (Å²) in [6, 6.07) is 0. The zero-order valence-corrected chi connectivity index (χ0v) is 15.0. The van der Waals surface area contributed by atoms with Crippen molar-refractivity contribution in [3.63, 3.8) is 0 Å². The fraction of sp³-hybridized carbons (Fsp3) is 0.800. The normalized spacial score (nSPS) is 16.7. The highest BCUT2D eigenvalue weighted by molar-refractivity contribution is 4.93. The van der Waals surface area contributed by atoms with Crippen LogP contribution in [0.3, 0.4) is 0 Å². The van der Waals surface area contributed by atoms with E-state index in [4.69, 9.17) is 5.11 Å². The fourth-order valence-electron chi connectivity index (χ4n) is 3.26. The summed E-state index contributed by atoms with van der Waals surface area (Å²) in [5, 5.41) is 12.4. The molecule has 0 aromatic rings. The minimum atomic E-state index is 0.233. The van der Waals surface area contributed by atoms with Crippen molar-refractivity contribution in [1.29, 1.82) is 0 Å². The summed E-state index contributed by atoms with van der Waals surface area (Å²) in [7, 11) is 0. The molecule has 3 heteroatoms. The Balaban J connectivity index is 1.79. The summed E-state index contributed by atoms with van der Waals surface area (Å²) >= 11 is 0. The van der Waals surface area contributed by atoms with Gasteiger partial charge in [0.1, 0.15) is 0 Å². The maximum atomic E-state index is 9.02. The molecule has 0 radical (unpaired) electrons. The standard InChI is InChI=1S/C20H38N2O/c1-2-3-4-5-6-7-8-9-10-11-12-13-14-15-20-21-16-17-22(20)18-19-23/h2,16-17,20-21,23H,1,3-15,18-19H2. The molecule has 0 spiro atoms. The van der Waals surface area contributed by atoms with Crippen molar-refractivity contribution >= 4 is 0 Å². The number of aliphatic hydroxyl groups excluding tert-OH is 1. The highest BCUT2D eigenvalue weighted by Crippen LogP contribution is 2.15. The number of β-amino-alcohol motifs (C(OH)–C–C–N with tert-alkyl or cyclic N) is 1. The maximum Gasteiger partial charge on any atom is 0.0982 e. The average Bonchev–Trinajstić information content (AvgIpc) is 2.99. The predicted molar refractivity (Wildman–Crippen MR) is 100 cm³/mol. The van der Waals surface area contributed by atoms with Gasteiger partial charge in [0.25, 0.3) is 0 Å². The van der Waals surface area contributed by atoms with Gasteiger partial charge < -0.3 is 15.3 Å². The SMILES string of the molecule is C=CCCCCCCCCCCCCCC1NC=CN1CCO. The highest BCUT2D eigenvalue weighted by Gasteiger charge is 2.16. The van der Waals surface area contributed by atoms with Crippen LogP contribution in [0.15, 0.2) is 25.1 Å². The van der Waals surface area contributed by atoms with Crippen LogP contribution in [0.25, 0.3) is 0 Å². The molecule has 0 bridgehead atoms. The van der Waals surface area contributed by atoms with E-state index in [9.17, 15) is 0 Å². The van der Waals surface area contributed by atoms with Gasteiger partial charge in [-0.1, -0.05) is 63.9 Å². The van der Waals surface area contributed by atoms with Crippen molar-refractivity contribution in [3.8, 4) is 0 Å². The van der Waals surface area contributed by atoms with E-state index in [1.165, 1.54) is 83.5 Å².